The lowest BCUT2D eigenvalue weighted by atomic mass is 10.2. The van der Waals surface area contributed by atoms with E-state index in [0.29, 0.717) is 48.6 Å². The third kappa shape index (κ3) is 3.72. The second-order valence-corrected chi connectivity index (χ2v) is 6.70. The van der Waals surface area contributed by atoms with Crippen LogP contribution in [0.1, 0.15) is 51.9 Å². The zero-order chi connectivity index (χ0) is 18.0. The van der Waals surface area contributed by atoms with Crippen LogP contribution in [0.3, 0.4) is 0 Å². The first-order chi connectivity index (χ1) is 12.0. The molecule has 1 aliphatic carbocycles. The second-order valence-electron chi connectivity index (χ2n) is 6.70. The monoisotopic (exact) mass is 347 g/mol. The van der Waals surface area contributed by atoms with E-state index in [1.165, 1.54) is 0 Å². The van der Waals surface area contributed by atoms with Crippen molar-refractivity contribution in [2.24, 2.45) is 0 Å². The van der Waals surface area contributed by atoms with E-state index in [-0.39, 0.29) is 12.6 Å². The van der Waals surface area contributed by atoms with Crippen LogP contribution in [0.2, 0.25) is 0 Å². The highest BCUT2D eigenvalue weighted by Crippen LogP contribution is 2.49. The molecule has 1 heterocycles. The fraction of sp³-hybridized carbons (Fsp3) is 0.474. The van der Waals surface area contributed by atoms with Gasteiger partial charge in [-0.3, -0.25) is 0 Å². The Morgan fingerprint density at radius 2 is 2.00 bits per heavy atom. The zero-order valence-corrected chi connectivity index (χ0v) is 14.8. The molecule has 0 atom stereocenters. The van der Waals surface area contributed by atoms with Gasteiger partial charge in [0.15, 0.2) is 17.3 Å². The van der Waals surface area contributed by atoms with Gasteiger partial charge in [0.05, 0.1) is 6.33 Å². The number of benzene rings is 1. The average Bonchev–Trinajstić information content (AvgIpc) is 3.19. The zero-order valence-electron chi connectivity index (χ0n) is 14.8. The van der Waals surface area contributed by atoms with Crippen LogP contribution in [0.15, 0.2) is 36.2 Å². The largest absolute Gasteiger partial charge is 0.489 e. The van der Waals surface area contributed by atoms with E-state index in [2.05, 4.69) is 10.1 Å². The lowest BCUT2D eigenvalue weighted by molar-refractivity contribution is 0.279. The lowest BCUT2D eigenvalue weighted by Crippen LogP contribution is -2.13. The standard InChI is InChI=1S/C19H23F2N3O/c1-4-14(11-20)12-25-16-7-5-15(6-8-16)17-22-18(19(21)9-10-19)24(23-17)13(2)3/h5-8,11,13H,4,9-10,12H2,1-3H3/b14-11+. The first-order valence-corrected chi connectivity index (χ1v) is 8.64. The maximum atomic E-state index is 14.5. The minimum atomic E-state index is -1.33. The Balaban J connectivity index is 1.78. The molecule has 0 aliphatic heterocycles. The fourth-order valence-corrected chi connectivity index (χ4v) is 2.53. The van der Waals surface area contributed by atoms with Gasteiger partial charge in [0.25, 0.3) is 0 Å². The normalized spacial score (nSPS) is 16.3. The summed E-state index contributed by atoms with van der Waals surface area (Å²) in [6, 6.07) is 7.30. The Morgan fingerprint density at radius 3 is 2.52 bits per heavy atom. The average molecular weight is 347 g/mol. The van der Waals surface area contributed by atoms with Crippen molar-refractivity contribution in [2.45, 2.75) is 51.7 Å². The van der Waals surface area contributed by atoms with Gasteiger partial charge in [0.1, 0.15) is 12.4 Å². The molecular weight excluding hydrogens is 324 g/mol. The topological polar surface area (TPSA) is 39.9 Å². The molecule has 1 aromatic carbocycles. The van der Waals surface area contributed by atoms with Gasteiger partial charge in [-0.25, -0.2) is 18.4 Å². The summed E-state index contributed by atoms with van der Waals surface area (Å²) in [4.78, 5) is 4.44. The molecule has 1 fully saturated rings. The first-order valence-electron chi connectivity index (χ1n) is 8.64. The van der Waals surface area contributed by atoms with E-state index >= 15 is 0 Å². The molecule has 3 rings (SSSR count). The van der Waals surface area contributed by atoms with Crippen LogP contribution < -0.4 is 4.74 Å². The summed E-state index contributed by atoms with van der Waals surface area (Å²) >= 11 is 0. The van der Waals surface area contributed by atoms with E-state index in [4.69, 9.17) is 4.74 Å². The van der Waals surface area contributed by atoms with Crippen molar-refractivity contribution < 1.29 is 13.5 Å². The Hall–Kier alpha value is -2.24. The van der Waals surface area contributed by atoms with Crippen molar-refractivity contribution >= 4 is 0 Å². The minimum Gasteiger partial charge on any atom is -0.489 e. The number of aromatic nitrogens is 3. The molecule has 1 aliphatic rings. The maximum absolute atomic E-state index is 14.5. The lowest BCUT2D eigenvalue weighted by Gasteiger charge is -2.10. The number of hydrogen-bond donors (Lipinski definition) is 0. The van der Waals surface area contributed by atoms with Crippen molar-refractivity contribution in [1.82, 2.24) is 14.8 Å². The summed E-state index contributed by atoms with van der Waals surface area (Å²) < 4.78 is 34.3. The Labute approximate surface area is 146 Å². The van der Waals surface area contributed by atoms with E-state index < -0.39 is 5.67 Å². The Bertz CT molecular complexity index is 761. The number of hydrogen-bond acceptors (Lipinski definition) is 3. The van der Waals surface area contributed by atoms with Gasteiger partial charge in [0, 0.05) is 11.6 Å². The van der Waals surface area contributed by atoms with Crippen LogP contribution in [0.25, 0.3) is 11.4 Å². The summed E-state index contributed by atoms with van der Waals surface area (Å²) in [5, 5.41) is 4.48. The second kappa shape index (κ2) is 6.94. The molecule has 25 heavy (non-hydrogen) atoms. The predicted molar refractivity (Wildman–Crippen MR) is 92.8 cm³/mol. The van der Waals surface area contributed by atoms with E-state index in [0.717, 1.165) is 5.56 Å². The molecule has 1 saturated carbocycles. The molecular formula is C19H23F2N3O. The summed E-state index contributed by atoms with van der Waals surface area (Å²) in [5.74, 6) is 1.57. The van der Waals surface area contributed by atoms with Crippen LogP contribution >= 0.6 is 0 Å². The van der Waals surface area contributed by atoms with Crippen molar-refractivity contribution in [1.29, 1.82) is 0 Å². The van der Waals surface area contributed by atoms with E-state index in [1.807, 2.05) is 32.9 Å². The number of nitrogens with zero attached hydrogens (tertiary/aromatic N) is 3. The van der Waals surface area contributed by atoms with Crippen molar-refractivity contribution in [3.8, 4) is 17.1 Å². The van der Waals surface area contributed by atoms with Gasteiger partial charge in [-0.1, -0.05) is 6.92 Å². The number of alkyl halides is 1. The van der Waals surface area contributed by atoms with Gasteiger partial charge >= 0.3 is 0 Å². The first kappa shape index (κ1) is 17.6. The molecule has 0 radical (unpaired) electrons. The predicted octanol–water partition coefficient (Wildman–Crippen LogP) is 5.13. The number of rotatable bonds is 7. The van der Waals surface area contributed by atoms with Gasteiger partial charge in [0.2, 0.25) is 0 Å². The molecule has 6 heteroatoms. The van der Waals surface area contributed by atoms with E-state index in [1.54, 1.807) is 16.8 Å². The molecule has 134 valence electrons. The Kier molecular flexibility index (Phi) is 4.88. The smallest absolute Gasteiger partial charge is 0.181 e. The third-order valence-electron chi connectivity index (χ3n) is 4.36. The summed E-state index contributed by atoms with van der Waals surface area (Å²) in [6.07, 6.45) is 2.21. The van der Waals surface area contributed by atoms with Gasteiger partial charge < -0.3 is 4.74 Å². The molecule has 0 saturated heterocycles. The van der Waals surface area contributed by atoms with E-state index in [9.17, 15) is 8.78 Å². The molecule has 0 N–H and O–H groups in total. The molecule has 0 spiro atoms. The summed E-state index contributed by atoms with van der Waals surface area (Å²) in [7, 11) is 0. The highest BCUT2D eigenvalue weighted by atomic mass is 19.1. The molecule has 0 unspecified atom stereocenters. The Morgan fingerprint density at radius 1 is 1.32 bits per heavy atom. The molecule has 0 amide bonds. The summed E-state index contributed by atoms with van der Waals surface area (Å²) in [5.41, 5.74) is 0.0751. The molecule has 0 bridgehead atoms. The van der Waals surface area contributed by atoms with Gasteiger partial charge in [-0.2, -0.15) is 5.10 Å². The molecule has 1 aromatic heterocycles. The quantitative estimate of drug-likeness (QED) is 0.697. The summed E-state index contributed by atoms with van der Waals surface area (Å²) in [6.45, 7) is 6.04. The van der Waals surface area contributed by atoms with Crippen LogP contribution in [0, 0.1) is 0 Å². The fourth-order valence-electron chi connectivity index (χ4n) is 2.53. The number of ether oxygens (including phenoxy) is 1. The van der Waals surface area contributed by atoms with Crippen molar-refractivity contribution in [2.75, 3.05) is 6.61 Å². The third-order valence-corrected chi connectivity index (χ3v) is 4.36. The van der Waals surface area contributed by atoms with Crippen molar-refractivity contribution in [3.63, 3.8) is 0 Å². The van der Waals surface area contributed by atoms with Crippen LogP contribution in [0.5, 0.6) is 5.75 Å². The van der Waals surface area contributed by atoms with Gasteiger partial charge in [-0.05, 0) is 62.9 Å². The SMILES string of the molecule is CC/C(=C\F)COc1ccc(-c2nc(C3(F)CC3)n(C(C)C)n2)cc1. The van der Waals surface area contributed by atoms with Gasteiger partial charge in [-0.15, -0.1) is 0 Å². The minimum absolute atomic E-state index is 0.0482. The van der Waals surface area contributed by atoms with Crippen molar-refractivity contribution in [3.05, 3.63) is 42.0 Å². The molecule has 4 nitrogen and oxygen atoms in total. The highest BCUT2D eigenvalue weighted by molar-refractivity contribution is 5.56. The number of halogens is 2. The van der Waals surface area contributed by atoms with Crippen LogP contribution in [-0.4, -0.2) is 21.4 Å². The highest BCUT2D eigenvalue weighted by Gasteiger charge is 2.49. The molecule has 2 aromatic rings. The van der Waals surface area contributed by atoms with Crippen LogP contribution in [-0.2, 0) is 5.67 Å². The maximum Gasteiger partial charge on any atom is 0.181 e. The van der Waals surface area contributed by atoms with Crippen LogP contribution in [0.4, 0.5) is 8.78 Å².